The number of pyridine rings is 1. The third-order valence-electron chi connectivity index (χ3n) is 4.16. The SMILES string of the molecule is O=C(CC1CSCCN1)NCc1ccnc(N2CCCC2)c1. The summed E-state index contributed by atoms with van der Waals surface area (Å²) in [4.78, 5) is 18.8. The van der Waals surface area contributed by atoms with E-state index in [4.69, 9.17) is 0 Å². The van der Waals surface area contributed by atoms with Crippen molar-refractivity contribution >= 4 is 23.5 Å². The Morgan fingerprint density at radius 1 is 1.45 bits per heavy atom. The highest BCUT2D eigenvalue weighted by molar-refractivity contribution is 7.99. The molecule has 0 aliphatic carbocycles. The summed E-state index contributed by atoms with van der Waals surface area (Å²) in [6, 6.07) is 4.39. The molecule has 1 atom stereocenters. The van der Waals surface area contributed by atoms with E-state index in [0.29, 0.717) is 19.0 Å². The highest BCUT2D eigenvalue weighted by Gasteiger charge is 2.17. The second-order valence-corrected chi connectivity index (χ2v) is 7.07. The standard InChI is InChI=1S/C16H24N4OS/c21-16(10-14-12-22-8-5-17-14)19-11-13-3-4-18-15(9-13)20-6-1-2-7-20/h3-4,9,14,17H,1-2,5-8,10-12H2,(H,19,21). The minimum Gasteiger partial charge on any atom is -0.357 e. The quantitative estimate of drug-likeness (QED) is 0.859. The van der Waals surface area contributed by atoms with Crippen LogP contribution in [0.3, 0.4) is 0 Å². The van der Waals surface area contributed by atoms with Gasteiger partial charge in [-0.1, -0.05) is 0 Å². The van der Waals surface area contributed by atoms with Crippen LogP contribution in [0, 0.1) is 0 Å². The van der Waals surface area contributed by atoms with Crippen molar-refractivity contribution in [3.05, 3.63) is 23.9 Å². The Bertz CT molecular complexity index is 499. The maximum Gasteiger partial charge on any atom is 0.221 e. The molecule has 2 aliphatic rings. The molecule has 5 nitrogen and oxygen atoms in total. The maximum atomic E-state index is 12.0. The van der Waals surface area contributed by atoms with E-state index in [0.717, 1.165) is 42.5 Å². The third-order valence-corrected chi connectivity index (χ3v) is 5.29. The topological polar surface area (TPSA) is 57.3 Å². The van der Waals surface area contributed by atoms with Crippen molar-refractivity contribution in [2.24, 2.45) is 0 Å². The van der Waals surface area contributed by atoms with Gasteiger partial charge in [0.25, 0.3) is 0 Å². The first-order chi connectivity index (χ1) is 10.8. The monoisotopic (exact) mass is 320 g/mol. The van der Waals surface area contributed by atoms with Crippen LogP contribution in [0.1, 0.15) is 24.8 Å². The second-order valence-electron chi connectivity index (χ2n) is 5.92. The van der Waals surface area contributed by atoms with Crippen molar-refractivity contribution in [2.45, 2.75) is 31.8 Å². The van der Waals surface area contributed by atoms with Crippen LogP contribution < -0.4 is 15.5 Å². The van der Waals surface area contributed by atoms with Crippen LogP contribution in [0.4, 0.5) is 5.82 Å². The molecule has 0 aromatic carbocycles. The number of aromatic nitrogens is 1. The maximum absolute atomic E-state index is 12.0. The van der Waals surface area contributed by atoms with E-state index in [1.807, 2.05) is 24.0 Å². The number of hydrogen-bond donors (Lipinski definition) is 2. The van der Waals surface area contributed by atoms with Crippen LogP contribution in [-0.2, 0) is 11.3 Å². The molecule has 2 N–H and O–H groups in total. The van der Waals surface area contributed by atoms with Gasteiger partial charge in [0.1, 0.15) is 5.82 Å². The molecule has 22 heavy (non-hydrogen) atoms. The first-order valence-electron chi connectivity index (χ1n) is 8.09. The Kier molecular flexibility index (Phi) is 5.56. The number of hydrogen-bond acceptors (Lipinski definition) is 5. The molecular formula is C16H24N4OS. The highest BCUT2D eigenvalue weighted by Crippen LogP contribution is 2.18. The van der Waals surface area contributed by atoms with E-state index < -0.39 is 0 Å². The van der Waals surface area contributed by atoms with E-state index in [1.165, 1.54) is 12.8 Å². The fourth-order valence-corrected chi connectivity index (χ4v) is 3.89. The molecule has 0 bridgehead atoms. The molecule has 2 fully saturated rings. The molecule has 0 radical (unpaired) electrons. The highest BCUT2D eigenvalue weighted by atomic mass is 32.2. The van der Waals surface area contributed by atoms with Crippen molar-refractivity contribution in [1.29, 1.82) is 0 Å². The van der Waals surface area contributed by atoms with Crippen molar-refractivity contribution < 1.29 is 4.79 Å². The largest absolute Gasteiger partial charge is 0.357 e. The van der Waals surface area contributed by atoms with Gasteiger partial charge in [-0.25, -0.2) is 4.98 Å². The summed E-state index contributed by atoms with van der Waals surface area (Å²) in [5.41, 5.74) is 1.12. The number of carbonyl (C=O) groups is 1. The first kappa shape index (κ1) is 15.6. The number of amides is 1. The normalized spacial score (nSPS) is 21.8. The van der Waals surface area contributed by atoms with Crippen LogP contribution in [-0.4, -0.2) is 48.1 Å². The molecule has 6 heteroatoms. The van der Waals surface area contributed by atoms with Gasteiger partial charge in [0.15, 0.2) is 0 Å². The number of anilines is 1. The van der Waals surface area contributed by atoms with Gasteiger partial charge in [0.05, 0.1) is 0 Å². The average Bonchev–Trinajstić information content (AvgIpc) is 3.09. The number of nitrogens with one attached hydrogen (secondary N) is 2. The molecule has 1 unspecified atom stereocenters. The minimum atomic E-state index is 0.125. The summed E-state index contributed by atoms with van der Waals surface area (Å²) in [7, 11) is 0. The third kappa shape index (κ3) is 4.36. The lowest BCUT2D eigenvalue weighted by Crippen LogP contribution is -2.41. The predicted molar refractivity (Wildman–Crippen MR) is 91.3 cm³/mol. The van der Waals surface area contributed by atoms with E-state index >= 15 is 0 Å². The molecule has 1 aromatic heterocycles. The van der Waals surface area contributed by atoms with Crippen molar-refractivity contribution in [1.82, 2.24) is 15.6 Å². The molecule has 2 aliphatic heterocycles. The Balaban J connectivity index is 1.48. The van der Waals surface area contributed by atoms with Gasteiger partial charge in [-0.2, -0.15) is 11.8 Å². The number of rotatable bonds is 5. The zero-order chi connectivity index (χ0) is 15.2. The van der Waals surface area contributed by atoms with Crippen LogP contribution in [0.15, 0.2) is 18.3 Å². The van der Waals surface area contributed by atoms with Gasteiger partial charge in [-0.05, 0) is 30.5 Å². The zero-order valence-electron chi connectivity index (χ0n) is 12.9. The molecule has 2 saturated heterocycles. The summed E-state index contributed by atoms with van der Waals surface area (Å²) >= 11 is 1.92. The Morgan fingerprint density at radius 2 is 2.32 bits per heavy atom. The molecule has 0 spiro atoms. The second kappa shape index (κ2) is 7.83. The average molecular weight is 320 g/mol. The van der Waals surface area contributed by atoms with Gasteiger partial charge in [0, 0.05) is 56.3 Å². The molecule has 1 aromatic rings. The summed E-state index contributed by atoms with van der Waals surface area (Å²) in [6.07, 6.45) is 4.90. The Labute approximate surface area is 136 Å². The van der Waals surface area contributed by atoms with Crippen LogP contribution in [0.25, 0.3) is 0 Å². The summed E-state index contributed by atoms with van der Waals surface area (Å²) in [5, 5.41) is 6.43. The van der Waals surface area contributed by atoms with E-state index in [-0.39, 0.29) is 5.91 Å². The van der Waals surface area contributed by atoms with Crippen molar-refractivity contribution in [3.8, 4) is 0 Å². The Morgan fingerprint density at radius 3 is 3.09 bits per heavy atom. The van der Waals surface area contributed by atoms with Crippen LogP contribution >= 0.6 is 11.8 Å². The van der Waals surface area contributed by atoms with Crippen LogP contribution in [0.2, 0.25) is 0 Å². The van der Waals surface area contributed by atoms with Gasteiger partial charge in [0.2, 0.25) is 5.91 Å². The van der Waals surface area contributed by atoms with Crippen LogP contribution in [0.5, 0.6) is 0 Å². The lowest BCUT2D eigenvalue weighted by molar-refractivity contribution is -0.121. The number of carbonyl (C=O) groups excluding carboxylic acids is 1. The molecule has 3 rings (SSSR count). The summed E-state index contributed by atoms with van der Waals surface area (Å²) in [5.74, 6) is 3.34. The molecule has 3 heterocycles. The number of thioether (sulfide) groups is 1. The number of nitrogens with zero attached hydrogens (tertiary/aromatic N) is 2. The molecule has 120 valence electrons. The van der Waals surface area contributed by atoms with Gasteiger partial charge in [-0.3, -0.25) is 4.79 Å². The van der Waals surface area contributed by atoms with Gasteiger partial charge < -0.3 is 15.5 Å². The van der Waals surface area contributed by atoms with E-state index in [1.54, 1.807) is 0 Å². The smallest absolute Gasteiger partial charge is 0.221 e. The lowest BCUT2D eigenvalue weighted by Gasteiger charge is -2.22. The minimum absolute atomic E-state index is 0.125. The first-order valence-corrected chi connectivity index (χ1v) is 9.24. The van der Waals surface area contributed by atoms with E-state index in [9.17, 15) is 4.79 Å². The summed E-state index contributed by atoms with van der Waals surface area (Å²) < 4.78 is 0. The van der Waals surface area contributed by atoms with Gasteiger partial charge in [-0.15, -0.1) is 0 Å². The van der Waals surface area contributed by atoms with E-state index in [2.05, 4.69) is 26.6 Å². The lowest BCUT2D eigenvalue weighted by atomic mass is 10.2. The van der Waals surface area contributed by atoms with Crippen molar-refractivity contribution in [2.75, 3.05) is 36.0 Å². The summed E-state index contributed by atoms with van der Waals surface area (Å²) in [6.45, 7) is 3.77. The molecule has 0 saturated carbocycles. The fraction of sp³-hybridized carbons (Fsp3) is 0.625. The molecule has 1 amide bonds. The van der Waals surface area contributed by atoms with Crippen molar-refractivity contribution in [3.63, 3.8) is 0 Å². The Hall–Kier alpha value is -1.27. The fourth-order valence-electron chi connectivity index (χ4n) is 2.94. The van der Waals surface area contributed by atoms with Gasteiger partial charge >= 0.3 is 0 Å². The molecular weight excluding hydrogens is 296 g/mol. The predicted octanol–water partition coefficient (Wildman–Crippen LogP) is 1.39. The zero-order valence-corrected chi connectivity index (χ0v) is 13.7.